The average Bonchev–Trinajstić information content (AvgIpc) is 2.39. The molecular weight excluding hydrogens is 298 g/mol. The highest BCUT2D eigenvalue weighted by atomic mass is 79.9. The second-order valence-corrected chi connectivity index (χ2v) is 4.35. The molecule has 0 aliphatic rings. The molecule has 0 bridgehead atoms. The summed E-state index contributed by atoms with van der Waals surface area (Å²) in [6, 6.07) is 0. The Morgan fingerprint density at radius 3 is 2.50 bits per heavy atom. The average molecular weight is 316 g/mol. The number of amides is 1. The second-order valence-electron chi connectivity index (χ2n) is 3.55. The van der Waals surface area contributed by atoms with Crippen molar-refractivity contribution in [2.24, 2.45) is 0 Å². The van der Waals surface area contributed by atoms with Crippen LogP contribution in [0.15, 0.2) is 10.8 Å². The SMILES string of the molecule is CCN(CC)C(=O)CNc1ncnc(NC)c1Br. The molecule has 100 valence electrons. The summed E-state index contributed by atoms with van der Waals surface area (Å²) in [6.45, 7) is 5.57. The zero-order chi connectivity index (χ0) is 13.5. The van der Waals surface area contributed by atoms with Crippen molar-refractivity contribution < 1.29 is 4.79 Å². The molecule has 7 heteroatoms. The zero-order valence-corrected chi connectivity index (χ0v) is 12.4. The van der Waals surface area contributed by atoms with Crippen LogP contribution in [0.4, 0.5) is 11.6 Å². The predicted octanol–water partition coefficient (Wildman–Crippen LogP) is 1.56. The lowest BCUT2D eigenvalue weighted by Gasteiger charge is -2.19. The van der Waals surface area contributed by atoms with Crippen LogP contribution in [-0.2, 0) is 4.79 Å². The Hall–Kier alpha value is -1.37. The molecule has 0 unspecified atom stereocenters. The van der Waals surface area contributed by atoms with Gasteiger partial charge in [-0.05, 0) is 29.8 Å². The van der Waals surface area contributed by atoms with Gasteiger partial charge in [0.1, 0.15) is 22.4 Å². The first-order chi connectivity index (χ1) is 8.63. The van der Waals surface area contributed by atoms with Crippen LogP contribution in [-0.4, -0.2) is 47.5 Å². The van der Waals surface area contributed by atoms with Gasteiger partial charge in [-0.25, -0.2) is 9.97 Å². The van der Waals surface area contributed by atoms with Gasteiger partial charge in [-0.1, -0.05) is 0 Å². The van der Waals surface area contributed by atoms with E-state index in [4.69, 9.17) is 0 Å². The first kappa shape index (κ1) is 14.7. The Bertz CT molecular complexity index is 408. The van der Waals surface area contributed by atoms with Crippen LogP contribution in [0.25, 0.3) is 0 Å². The predicted molar refractivity (Wildman–Crippen MR) is 75.7 cm³/mol. The summed E-state index contributed by atoms with van der Waals surface area (Å²) >= 11 is 3.39. The minimum atomic E-state index is 0.0523. The lowest BCUT2D eigenvalue weighted by Crippen LogP contribution is -2.35. The Balaban J connectivity index is 2.66. The maximum Gasteiger partial charge on any atom is 0.241 e. The van der Waals surface area contributed by atoms with E-state index in [1.807, 2.05) is 13.8 Å². The van der Waals surface area contributed by atoms with Gasteiger partial charge in [-0.2, -0.15) is 0 Å². The molecule has 0 aromatic carbocycles. The summed E-state index contributed by atoms with van der Waals surface area (Å²) in [5.74, 6) is 1.34. The first-order valence-corrected chi connectivity index (χ1v) is 6.63. The van der Waals surface area contributed by atoms with E-state index in [-0.39, 0.29) is 12.5 Å². The van der Waals surface area contributed by atoms with E-state index in [1.165, 1.54) is 6.33 Å². The maximum atomic E-state index is 11.8. The third kappa shape index (κ3) is 3.56. The molecule has 0 aliphatic heterocycles. The van der Waals surface area contributed by atoms with Gasteiger partial charge in [-0.15, -0.1) is 0 Å². The summed E-state index contributed by atoms with van der Waals surface area (Å²) in [5, 5.41) is 5.94. The van der Waals surface area contributed by atoms with Crippen molar-refractivity contribution in [3.8, 4) is 0 Å². The third-order valence-electron chi connectivity index (χ3n) is 2.55. The molecule has 0 saturated carbocycles. The molecule has 1 heterocycles. The van der Waals surface area contributed by atoms with Gasteiger partial charge in [-0.3, -0.25) is 4.79 Å². The van der Waals surface area contributed by atoms with Gasteiger partial charge in [0, 0.05) is 20.1 Å². The van der Waals surface area contributed by atoms with E-state index in [1.54, 1.807) is 11.9 Å². The Kier molecular flexibility index (Phi) is 5.84. The normalized spacial score (nSPS) is 10.0. The number of likely N-dealkylation sites (N-methyl/N-ethyl adjacent to an activating group) is 1. The van der Waals surface area contributed by atoms with Gasteiger partial charge in [0.15, 0.2) is 0 Å². The van der Waals surface area contributed by atoms with Crippen LogP contribution in [0.3, 0.4) is 0 Å². The number of hydrogen-bond acceptors (Lipinski definition) is 5. The van der Waals surface area contributed by atoms with Crippen LogP contribution >= 0.6 is 15.9 Å². The molecule has 0 saturated heterocycles. The number of hydrogen-bond donors (Lipinski definition) is 2. The van der Waals surface area contributed by atoms with Crippen molar-refractivity contribution in [3.63, 3.8) is 0 Å². The van der Waals surface area contributed by atoms with Crippen molar-refractivity contribution in [1.29, 1.82) is 0 Å². The molecular formula is C11H18BrN5O. The molecule has 1 aromatic rings. The standard InChI is InChI=1S/C11H18BrN5O/c1-4-17(5-2)8(18)6-14-11-9(12)10(13-3)15-7-16-11/h7H,4-6H2,1-3H3,(H2,13,14,15,16). The van der Waals surface area contributed by atoms with E-state index in [9.17, 15) is 4.79 Å². The van der Waals surface area contributed by atoms with Gasteiger partial charge in [0.25, 0.3) is 0 Å². The fourth-order valence-corrected chi connectivity index (χ4v) is 2.06. The molecule has 6 nitrogen and oxygen atoms in total. The van der Waals surface area contributed by atoms with Gasteiger partial charge in [0.05, 0.1) is 6.54 Å². The quantitative estimate of drug-likeness (QED) is 0.833. The number of halogens is 1. The fourth-order valence-electron chi connectivity index (χ4n) is 1.51. The van der Waals surface area contributed by atoms with E-state index in [0.717, 1.165) is 4.47 Å². The van der Waals surface area contributed by atoms with Crippen molar-refractivity contribution >= 4 is 33.5 Å². The maximum absolute atomic E-state index is 11.8. The first-order valence-electron chi connectivity index (χ1n) is 5.83. The number of anilines is 2. The van der Waals surface area contributed by atoms with Gasteiger partial charge >= 0.3 is 0 Å². The molecule has 1 amide bonds. The van der Waals surface area contributed by atoms with Crippen LogP contribution in [0.5, 0.6) is 0 Å². The van der Waals surface area contributed by atoms with Crippen molar-refractivity contribution in [2.45, 2.75) is 13.8 Å². The highest BCUT2D eigenvalue weighted by Crippen LogP contribution is 2.25. The lowest BCUT2D eigenvalue weighted by molar-refractivity contribution is -0.128. The molecule has 0 fully saturated rings. The third-order valence-corrected chi connectivity index (χ3v) is 3.30. The molecule has 0 atom stereocenters. The van der Waals surface area contributed by atoms with E-state index in [2.05, 4.69) is 36.5 Å². The van der Waals surface area contributed by atoms with Gasteiger partial charge < -0.3 is 15.5 Å². The highest BCUT2D eigenvalue weighted by Gasteiger charge is 2.12. The summed E-state index contributed by atoms with van der Waals surface area (Å²) in [5.41, 5.74) is 0. The lowest BCUT2D eigenvalue weighted by atomic mass is 10.4. The number of carbonyl (C=O) groups is 1. The number of nitrogens with one attached hydrogen (secondary N) is 2. The Morgan fingerprint density at radius 2 is 1.94 bits per heavy atom. The van der Waals surface area contributed by atoms with Crippen molar-refractivity contribution in [1.82, 2.24) is 14.9 Å². The molecule has 0 spiro atoms. The molecule has 18 heavy (non-hydrogen) atoms. The van der Waals surface area contributed by atoms with E-state index in [0.29, 0.717) is 24.7 Å². The molecule has 0 radical (unpaired) electrons. The van der Waals surface area contributed by atoms with Crippen LogP contribution in [0, 0.1) is 0 Å². The van der Waals surface area contributed by atoms with Gasteiger partial charge in [0.2, 0.25) is 5.91 Å². The number of carbonyl (C=O) groups excluding carboxylic acids is 1. The largest absolute Gasteiger partial charge is 0.372 e. The number of rotatable bonds is 6. The second kappa shape index (κ2) is 7.15. The summed E-state index contributed by atoms with van der Waals surface area (Å²) in [7, 11) is 1.78. The zero-order valence-electron chi connectivity index (χ0n) is 10.8. The highest BCUT2D eigenvalue weighted by molar-refractivity contribution is 9.10. The van der Waals surface area contributed by atoms with Crippen LogP contribution in [0.1, 0.15) is 13.8 Å². The summed E-state index contributed by atoms with van der Waals surface area (Å²) in [4.78, 5) is 21.7. The number of nitrogens with zero attached hydrogens (tertiary/aromatic N) is 3. The topological polar surface area (TPSA) is 70.2 Å². The van der Waals surface area contributed by atoms with Crippen LogP contribution < -0.4 is 10.6 Å². The molecule has 0 aliphatic carbocycles. The van der Waals surface area contributed by atoms with E-state index < -0.39 is 0 Å². The van der Waals surface area contributed by atoms with E-state index >= 15 is 0 Å². The Morgan fingerprint density at radius 1 is 1.33 bits per heavy atom. The molecule has 1 rings (SSSR count). The minimum Gasteiger partial charge on any atom is -0.372 e. The van der Waals surface area contributed by atoms with Crippen molar-refractivity contribution in [3.05, 3.63) is 10.8 Å². The molecule has 1 aromatic heterocycles. The molecule has 2 N–H and O–H groups in total. The summed E-state index contributed by atoms with van der Waals surface area (Å²) in [6.07, 6.45) is 1.45. The van der Waals surface area contributed by atoms with Crippen molar-refractivity contribution in [2.75, 3.05) is 37.3 Å². The van der Waals surface area contributed by atoms with Crippen LogP contribution in [0.2, 0.25) is 0 Å². The smallest absolute Gasteiger partial charge is 0.241 e. The summed E-state index contributed by atoms with van der Waals surface area (Å²) < 4.78 is 0.722. The number of aromatic nitrogens is 2. The fraction of sp³-hybridized carbons (Fsp3) is 0.545. The Labute approximate surface area is 115 Å². The monoisotopic (exact) mass is 315 g/mol. The minimum absolute atomic E-state index is 0.0523.